The second-order valence-electron chi connectivity index (χ2n) is 6.81. The molecule has 1 heterocycles. The number of benzene rings is 1. The molecule has 1 unspecified atom stereocenters. The molecular weight excluding hydrogens is 252 g/mol. The highest BCUT2D eigenvalue weighted by Crippen LogP contribution is 2.48. The first-order chi connectivity index (χ1) is 9.47. The van der Waals surface area contributed by atoms with E-state index >= 15 is 0 Å². The van der Waals surface area contributed by atoms with Gasteiger partial charge in [-0.2, -0.15) is 0 Å². The SMILES string of the molecule is C[C@@H]1CC[C@@H]2[C@@H](C1)O[C@@H](c1ccccc1O)CC2(C)O. The van der Waals surface area contributed by atoms with Crippen LogP contribution in [0.2, 0.25) is 0 Å². The average molecular weight is 276 g/mol. The average Bonchev–Trinajstić information content (AvgIpc) is 2.37. The summed E-state index contributed by atoms with van der Waals surface area (Å²) in [7, 11) is 0. The minimum Gasteiger partial charge on any atom is -0.508 e. The van der Waals surface area contributed by atoms with E-state index in [2.05, 4.69) is 6.92 Å². The van der Waals surface area contributed by atoms with Crippen LogP contribution >= 0.6 is 0 Å². The van der Waals surface area contributed by atoms with E-state index in [1.807, 2.05) is 25.1 Å². The van der Waals surface area contributed by atoms with Crippen LogP contribution in [0.1, 0.15) is 51.2 Å². The molecule has 0 aromatic heterocycles. The molecule has 2 fully saturated rings. The summed E-state index contributed by atoms with van der Waals surface area (Å²) in [6.07, 6.45) is 3.66. The molecule has 1 aromatic carbocycles. The lowest BCUT2D eigenvalue weighted by Crippen LogP contribution is -2.51. The van der Waals surface area contributed by atoms with Gasteiger partial charge in [-0.3, -0.25) is 0 Å². The Hall–Kier alpha value is -1.06. The van der Waals surface area contributed by atoms with Gasteiger partial charge in [0, 0.05) is 17.9 Å². The van der Waals surface area contributed by atoms with Gasteiger partial charge in [-0.25, -0.2) is 0 Å². The van der Waals surface area contributed by atoms with Crippen molar-refractivity contribution in [2.75, 3.05) is 0 Å². The lowest BCUT2D eigenvalue weighted by Gasteiger charge is -2.49. The minimum atomic E-state index is -0.712. The van der Waals surface area contributed by atoms with Gasteiger partial charge in [-0.15, -0.1) is 0 Å². The van der Waals surface area contributed by atoms with Crippen molar-refractivity contribution in [3.05, 3.63) is 29.8 Å². The number of hydrogen-bond donors (Lipinski definition) is 2. The number of aromatic hydroxyl groups is 1. The summed E-state index contributed by atoms with van der Waals surface area (Å²) >= 11 is 0. The third-order valence-electron chi connectivity index (χ3n) is 5.07. The first-order valence-electron chi connectivity index (χ1n) is 7.63. The summed E-state index contributed by atoms with van der Waals surface area (Å²) in [6, 6.07) is 7.29. The zero-order chi connectivity index (χ0) is 14.3. The normalized spacial score (nSPS) is 41.1. The van der Waals surface area contributed by atoms with Gasteiger partial charge in [-0.05, 0) is 31.7 Å². The van der Waals surface area contributed by atoms with Gasteiger partial charge in [0.1, 0.15) is 5.75 Å². The lowest BCUT2D eigenvalue weighted by molar-refractivity contribution is -0.198. The van der Waals surface area contributed by atoms with Crippen LogP contribution < -0.4 is 0 Å². The van der Waals surface area contributed by atoms with Crippen LogP contribution in [-0.2, 0) is 4.74 Å². The molecule has 2 N–H and O–H groups in total. The maximum absolute atomic E-state index is 10.8. The molecular formula is C17H24O3. The molecule has 1 aromatic rings. The highest BCUT2D eigenvalue weighted by molar-refractivity contribution is 5.34. The molecule has 0 radical (unpaired) electrons. The fourth-order valence-corrected chi connectivity index (χ4v) is 3.92. The largest absolute Gasteiger partial charge is 0.508 e. The van der Waals surface area contributed by atoms with Crippen molar-refractivity contribution in [3.63, 3.8) is 0 Å². The quantitative estimate of drug-likeness (QED) is 0.826. The second kappa shape index (κ2) is 5.05. The summed E-state index contributed by atoms with van der Waals surface area (Å²) in [4.78, 5) is 0. The van der Waals surface area contributed by atoms with E-state index in [0.29, 0.717) is 12.3 Å². The number of para-hydroxylation sites is 1. The topological polar surface area (TPSA) is 49.7 Å². The number of phenols is 1. The fourth-order valence-electron chi connectivity index (χ4n) is 3.92. The molecule has 1 saturated heterocycles. The number of phenolic OH excluding ortho intramolecular Hbond substituents is 1. The number of aliphatic hydroxyl groups is 1. The zero-order valence-corrected chi connectivity index (χ0v) is 12.2. The van der Waals surface area contributed by atoms with Gasteiger partial charge in [0.25, 0.3) is 0 Å². The van der Waals surface area contributed by atoms with E-state index in [1.54, 1.807) is 6.07 Å². The Bertz CT molecular complexity index is 483. The standard InChI is InChI=1S/C17H24O3/c1-11-7-8-13-15(9-11)20-16(10-17(13,2)19)12-5-3-4-6-14(12)18/h3-6,11,13,15-16,18-19H,7-10H2,1-2H3/t11-,13-,15-,16-,17?/m1/s1. The molecule has 3 heteroatoms. The zero-order valence-electron chi connectivity index (χ0n) is 12.2. The van der Waals surface area contributed by atoms with E-state index in [9.17, 15) is 10.2 Å². The van der Waals surface area contributed by atoms with Crippen molar-refractivity contribution in [2.45, 2.75) is 57.3 Å². The van der Waals surface area contributed by atoms with Gasteiger partial charge in [0.2, 0.25) is 0 Å². The van der Waals surface area contributed by atoms with Crippen molar-refractivity contribution < 1.29 is 14.9 Å². The van der Waals surface area contributed by atoms with Gasteiger partial charge in [0.05, 0.1) is 17.8 Å². The summed E-state index contributed by atoms with van der Waals surface area (Å²) in [6.45, 7) is 4.17. The van der Waals surface area contributed by atoms with Crippen LogP contribution in [0.3, 0.4) is 0 Å². The molecule has 2 aliphatic rings. The van der Waals surface area contributed by atoms with Crippen molar-refractivity contribution in [1.29, 1.82) is 0 Å². The number of fused-ring (bicyclic) bond motifs is 1. The van der Waals surface area contributed by atoms with E-state index in [4.69, 9.17) is 4.74 Å². The first-order valence-corrected chi connectivity index (χ1v) is 7.63. The van der Waals surface area contributed by atoms with E-state index in [0.717, 1.165) is 18.4 Å². The van der Waals surface area contributed by atoms with E-state index in [1.165, 1.54) is 6.42 Å². The Morgan fingerprint density at radius 3 is 2.75 bits per heavy atom. The van der Waals surface area contributed by atoms with Crippen molar-refractivity contribution >= 4 is 0 Å². The molecule has 1 aliphatic heterocycles. The van der Waals surface area contributed by atoms with E-state index < -0.39 is 5.60 Å². The van der Waals surface area contributed by atoms with Crippen LogP contribution in [0.4, 0.5) is 0 Å². The van der Waals surface area contributed by atoms with Crippen molar-refractivity contribution in [2.24, 2.45) is 11.8 Å². The molecule has 0 spiro atoms. The molecule has 110 valence electrons. The Balaban J connectivity index is 1.87. The predicted molar refractivity (Wildman–Crippen MR) is 77.5 cm³/mol. The molecule has 5 atom stereocenters. The van der Waals surface area contributed by atoms with Gasteiger partial charge in [-0.1, -0.05) is 31.5 Å². The number of ether oxygens (including phenoxy) is 1. The lowest BCUT2D eigenvalue weighted by atomic mass is 9.68. The molecule has 1 aliphatic carbocycles. The molecule has 0 amide bonds. The first kappa shape index (κ1) is 13.9. The molecule has 0 bridgehead atoms. The molecule has 20 heavy (non-hydrogen) atoms. The summed E-state index contributed by atoms with van der Waals surface area (Å²) in [5.74, 6) is 1.13. The van der Waals surface area contributed by atoms with Gasteiger partial charge >= 0.3 is 0 Å². The van der Waals surface area contributed by atoms with Gasteiger partial charge in [0.15, 0.2) is 0 Å². The summed E-state index contributed by atoms with van der Waals surface area (Å²) < 4.78 is 6.24. The van der Waals surface area contributed by atoms with Crippen molar-refractivity contribution in [1.82, 2.24) is 0 Å². The summed E-state index contributed by atoms with van der Waals surface area (Å²) in [5.41, 5.74) is 0.0835. The number of rotatable bonds is 1. The fraction of sp³-hybridized carbons (Fsp3) is 0.647. The second-order valence-corrected chi connectivity index (χ2v) is 6.81. The maximum atomic E-state index is 10.8. The van der Waals surface area contributed by atoms with Crippen molar-refractivity contribution in [3.8, 4) is 5.75 Å². The molecule has 3 rings (SSSR count). The monoisotopic (exact) mass is 276 g/mol. The van der Waals surface area contributed by atoms with Crippen LogP contribution in [-0.4, -0.2) is 21.9 Å². The van der Waals surface area contributed by atoms with Crippen LogP contribution in [0, 0.1) is 11.8 Å². The van der Waals surface area contributed by atoms with Crippen LogP contribution in [0.5, 0.6) is 5.75 Å². The Labute approximate surface area is 120 Å². The smallest absolute Gasteiger partial charge is 0.121 e. The number of hydrogen-bond acceptors (Lipinski definition) is 3. The third kappa shape index (κ3) is 2.45. The maximum Gasteiger partial charge on any atom is 0.121 e. The highest BCUT2D eigenvalue weighted by atomic mass is 16.5. The Morgan fingerprint density at radius 2 is 2.00 bits per heavy atom. The highest BCUT2D eigenvalue weighted by Gasteiger charge is 2.48. The Morgan fingerprint density at radius 1 is 1.25 bits per heavy atom. The van der Waals surface area contributed by atoms with Gasteiger partial charge < -0.3 is 14.9 Å². The summed E-state index contributed by atoms with van der Waals surface area (Å²) in [5, 5.41) is 20.8. The minimum absolute atomic E-state index is 0.104. The Kier molecular flexibility index (Phi) is 3.51. The van der Waals surface area contributed by atoms with E-state index in [-0.39, 0.29) is 23.9 Å². The van der Waals surface area contributed by atoms with Crippen LogP contribution in [0.25, 0.3) is 0 Å². The molecule has 1 saturated carbocycles. The molecule has 3 nitrogen and oxygen atoms in total. The van der Waals surface area contributed by atoms with Crippen LogP contribution in [0.15, 0.2) is 24.3 Å². The predicted octanol–water partition coefficient (Wildman–Crippen LogP) is 3.41. The third-order valence-corrected chi connectivity index (χ3v) is 5.07.